The van der Waals surface area contributed by atoms with Crippen LogP contribution in [-0.4, -0.2) is 91.4 Å². The minimum Gasteiger partial charge on any atom is -0.336 e. The van der Waals surface area contributed by atoms with Crippen LogP contribution in [0.4, 0.5) is 0 Å². The zero-order chi connectivity index (χ0) is 23.3. The van der Waals surface area contributed by atoms with Gasteiger partial charge in [-0.15, -0.1) is 0 Å². The number of rotatable bonds is 7. The van der Waals surface area contributed by atoms with Gasteiger partial charge in [-0.3, -0.25) is 14.6 Å². The zero-order valence-electron chi connectivity index (χ0n) is 19.4. The molecule has 33 heavy (non-hydrogen) atoms. The van der Waals surface area contributed by atoms with Crippen LogP contribution in [0.1, 0.15) is 28.4 Å². The molecule has 2 heterocycles. The normalized spacial score (nSPS) is 19.0. The lowest BCUT2D eigenvalue weighted by atomic mass is 10.1. The van der Waals surface area contributed by atoms with E-state index in [0.29, 0.717) is 13.1 Å². The third-order valence-corrected chi connectivity index (χ3v) is 8.49. The summed E-state index contributed by atoms with van der Waals surface area (Å²) in [5, 5.41) is 0. The topological polar surface area (TPSA) is 64.2 Å². The molecule has 8 heteroatoms. The number of piperazine rings is 2. The summed E-state index contributed by atoms with van der Waals surface area (Å²) in [4.78, 5) is 19.6. The van der Waals surface area contributed by atoms with Crippen LogP contribution in [0, 0.1) is 0 Å². The molecule has 0 atom stereocenters. The Kier molecular flexibility index (Phi) is 7.80. The predicted molar refractivity (Wildman–Crippen MR) is 130 cm³/mol. The van der Waals surface area contributed by atoms with Crippen LogP contribution in [0.25, 0.3) is 0 Å². The highest BCUT2D eigenvalue weighted by Crippen LogP contribution is 2.15. The van der Waals surface area contributed by atoms with Gasteiger partial charge in [0.25, 0.3) is 5.91 Å². The Morgan fingerprint density at radius 3 is 1.79 bits per heavy atom. The lowest BCUT2D eigenvalue weighted by Gasteiger charge is -2.35. The van der Waals surface area contributed by atoms with Gasteiger partial charge in [0.15, 0.2) is 0 Å². The molecule has 0 unspecified atom stereocenters. The molecule has 178 valence electrons. The van der Waals surface area contributed by atoms with Crippen LogP contribution in [0.2, 0.25) is 0 Å². The summed E-state index contributed by atoms with van der Waals surface area (Å²) < 4.78 is 25.6. The number of carbonyl (C=O) groups excluding carboxylic acids is 1. The number of sulfonamides is 1. The van der Waals surface area contributed by atoms with Crippen molar-refractivity contribution in [3.63, 3.8) is 0 Å². The fourth-order valence-corrected chi connectivity index (χ4v) is 5.58. The molecule has 7 nitrogen and oxygen atoms in total. The van der Waals surface area contributed by atoms with Crippen molar-refractivity contribution < 1.29 is 13.2 Å². The molecule has 0 N–H and O–H groups in total. The Balaban J connectivity index is 1.24. The second-order valence-corrected chi connectivity index (χ2v) is 11.1. The molecule has 2 aromatic carbocycles. The van der Waals surface area contributed by atoms with Crippen LogP contribution in [0.15, 0.2) is 54.6 Å². The van der Waals surface area contributed by atoms with Gasteiger partial charge < -0.3 is 4.90 Å². The van der Waals surface area contributed by atoms with Crippen LogP contribution in [-0.2, 0) is 23.1 Å². The number of hydrogen-bond acceptors (Lipinski definition) is 5. The molecule has 2 aliphatic rings. The predicted octanol–water partition coefficient (Wildman–Crippen LogP) is 2.11. The van der Waals surface area contributed by atoms with Crippen molar-refractivity contribution in [1.29, 1.82) is 0 Å². The molecule has 2 fully saturated rings. The third kappa shape index (κ3) is 6.20. The van der Waals surface area contributed by atoms with Crippen LogP contribution in [0.3, 0.4) is 0 Å². The van der Waals surface area contributed by atoms with E-state index in [1.807, 2.05) is 35.2 Å². The van der Waals surface area contributed by atoms with Gasteiger partial charge in [0.2, 0.25) is 10.0 Å². The van der Waals surface area contributed by atoms with Gasteiger partial charge in [-0.2, -0.15) is 4.31 Å². The van der Waals surface area contributed by atoms with Crippen molar-refractivity contribution in [2.45, 2.75) is 20.0 Å². The monoisotopic (exact) mass is 470 g/mol. The maximum absolute atomic E-state index is 13.0. The molecule has 0 saturated carbocycles. The quantitative estimate of drug-likeness (QED) is 0.620. The fourth-order valence-electron chi connectivity index (χ4n) is 4.49. The van der Waals surface area contributed by atoms with E-state index in [1.54, 1.807) is 11.2 Å². The van der Waals surface area contributed by atoms with E-state index in [4.69, 9.17) is 0 Å². The molecule has 2 saturated heterocycles. The van der Waals surface area contributed by atoms with Crippen molar-refractivity contribution >= 4 is 15.9 Å². The average molecular weight is 471 g/mol. The summed E-state index contributed by atoms with van der Waals surface area (Å²) in [6, 6.07) is 18.3. The summed E-state index contributed by atoms with van der Waals surface area (Å²) in [6.45, 7) is 9.21. The summed E-state index contributed by atoms with van der Waals surface area (Å²) in [5.41, 5.74) is 3.18. The number of benzene rings is 2. The van der Waals surface area contributed by atoms with E-state index >= 15 is 0 Å². The van der Waals surface area contributed by atoms with Gasteiger partial charge in [-0.05, 0) is 30.2 Å². The van der Waals surface area contributed by atoms with Crippen molar-refractivity contribution in [1.82, 2.24) is 19.0 Å². The van der Waals surface area contributed by atoms with E-state index in [0.717, 1.165) is 63.5 Å². The minimum atomic E-state index is -3.10. The van der Waals surface area contributed by atoms with Gasteiger partial charge in [0, 0.05) is 71.0 Å². The first-order valence-corrected chi connectivity index (χ1v) is 13.4. The molecule has 2 aliphatic heterocycles. The van der Waals surface area contributed by atoms with E-state index in [9.17, 15) is 13.2 Å². The molecule has 4 rings (SSSR count). The highest BCUT2D eigenvalue weighted by atomic mass is 32.2. The summed E-state index contributed by atoms with van der Waals surface area (Å²) in [6.07, 6.45) is 0. The Hall–Kier alpha value is -2.26. The van der Waals surface area contributed by atoms with Gasteiger partial charge >= 0.3 is 0 Å². The zero-order valence-corrected chi connectivity index (χ0v) is 20.2. The smallest absolute Gasteiger partial charge is 0.253 e. The lowest BCUT2D eigenvalue weighted by molar-refractivity contribution is 0.0628. The number of nitrogens with zero attached hydrogens (tertiary/aromatic N) is 4. The number of hydrogen-bond donors (Lipinski definition) is 0. The summed E-state index contributed by atoms with van der Waals surface area (Å²) in [7, 11) is -3.10. The van der Waals surface area contributed by atoms with Gasteiger partial charge in [0.05, 0.1) is 5.75 Å². The highest BCUT2D eigenvalue weighted by Gasteiger charge is 2.26. The first-order chi connectivity index (χ1) is 15.9. The largest absolute Gasteiger partial charge is 0.336 e. The molecular formula is C25H34N4O3S. The lowest BCUT2D eigenvalue weighted by Crippen LogP contribution is -2.48. The van der Waals surface area contributed by atoms with E-state index < -0.39 is 10.0 Å². The standard InChI is InChI=1S/C25H34N4O3S/c1-2-33(31,32)29-18-14-27(15-19-29)21-23-8-10-24(11-9-23)25(30)28-16-12-26(13-17-28)20-22-6-4-3-5-7-22/h3-11H,2,12-21H2,1H3. The SMILES string of the molecule is CCS(=O)(=O)N1CCN(Cc2ccc(C(=O)N3CCN(Cc4ccccc4)CC3)cc2)CC1. The maximum Gasteiger partial charge on any atom is 0.253 e. The molecular weight excluding hydrogens is 436 g/mol. The molecule has 0 spiro atoms. The van der Waals surface area contributed by atoms with Crippen LogP contribution >= 0.6 is 0 Å². The fraction of sp³-hybridized carbons (Fsp3) is 0.480. The molecule has 0 aliphatic carbocycles. The van der Waals surface area contributed by atoms with Crippen molar-refractivity contribution in [3.8, 4) is 0 Å². The third-order valence-electron chi connectivity index (χ3n) is 6.61. The molecule has 1 amide bonds. The number of carbonyl (C=O) groups is 1. The second-order valence-electron chi connectivity index (χ2n) is 8.83. The molecule has 0 radical (unpaired) electrons. The van der Waals surface area contributed by atoms with Crippen LogP contribution in [0.5, 0.6) is 0 Å². The Morgan fingerprint density at radius 1 is 0.727 bits per heavy atom. The average Bonchev–Trinajstić information content (AvgIpc) is 2.85. The second kappa shape index (κ2) is 10.8. The Morgan fingerprint density at radius 2 is 1.24 bits per heavy atom. The number of amides is 1. The minimum absolute atomic E-state index is 0.0966. The molecule has 0 aromatic heterocycles. The molecule has 0 bridgehead atoms. The molecule has 2 aromatic rings. The van der Waals surface area contributed by atoms with Gasteiger partial charge in [0.1, 0.15) is 0 Å². The summed E-state index contributed by atoms with van der Waals surface area (Å²) in [5.74, 6) is 0.254. The Bertz CT molecular complexity index is 1010. The van der Waals surface area contributed by atoms with Crippen molar-refractivity contribution in [3.05, 3.63) is 71.3 Å². The summed E-state index contributed by atoms with van der Waals surface area (Å²) >= 11 is 0. The van der Waals surface area contributed by atoms with Crippen molar-refractivity contribution in [2.75, 3.05) is 58.1 Å². The van der Waals surface area contributed by atoms with E-state index in [-0.39, 0.29) is 11.7 Å². The van der Waals surface area contributed by atoms with Gasteiger partial charge in [-0.1, -0.05) is 42.5 Å². The van der Waals surface area contributed by atoms with Gasteiger partial charge in [-0.25, -0.2) is 8.42 Å². The van der Waals surface area contributed by atoms with Crippen molar-refractivity contribution in [2.24, 2.45) is 0 Å². The maximum atomic E-state index is 13.0. The first kappa shape index (κ1) is 23.9. The van der Waals surface area contributed by atoms with E-state index in [2.05, 4.69) is 34.1 Å². The Labute approximate surface area is 197 Å². The van der Waals surface area contributed by atoms with Crippen LogP contribution < -0.4 is 0 Å². The van der Waals surface area contributed by atoms with E-state index in [1.165, 1.54) is 5.56 Å². The first-order valence-electron chi connectivity index (χ1n) is 11.8. The highest BCUT2D eigenvalue weighted by molar-refractivity contribution is 7.89.